The van der Waals surface area contributed by atoms with Gasteiger partial charge < -0.3 is 14.2 Å². The van der Waals surface area contributed by atoms with Crippen molar-refractivity contribution < 1.29 is 28.6 Å². The summed E-state index contributed by atoms with van der Waals surface area (Å²) in [6.07, 6.45) is 62.4. The molecule has 0 aromatic heterocycles. The zero-order valence-corrected chi connectivity index (χ0v) is 41.8. The van der Waals surface area contributed by atoms with E-state index in [1.54, 1.807) is 0 Å². The Kier molecular flexibility index (Phi) is 49.8. The Balaban J connectivity index is 4.34. The second-order valence-electron chi connectivity index (χ2n) is 18.1. The lowest BCUT2D eigenvalue weighted by Crippen LogP contribution is -2.30. The molecule has 0 saturated heterocycles. The van der Waals surface area contributed by atoms with Crippen LogP contribution in [-0.4, -0.2) is 37.2 Å². The fraction of sp³-hybridized carbons (Fsp3) is 0.807. The van der Waals surface area contributed by atoms with E-state index in [4.69, 9.17) is 14.2 Å². The minimum Gasteiger partial charge on any atom is -0.462 e. The van der Waals surface area contributed by atoms with Gasteiger partial charge in [-0.05, 0) is 70.6 Å². The molecule has 0 aromatic rings. The van der Waals surface area contributed by atoms with Gasteiger partial charge in [0.05, 0.1) is 0 Å². The monoisotopic (exact) mass is 883 g/mol. The van der Waals surface area contributed by atoms with Crippen LogP contribution in [0.3, 0.4) is 0 Å². The molecule has 6 heteroatoms. The summed E-state index contributed by atoms with van der Waals surface area (Å²) in [4.78, 5) is 38.0. The molecule has 1 unspecified atom stereocenters. The first kappa shape index (κ1) is 60.4. The normalized spacial score (nSPS) is 12.4. The number of rotatable bonds is 49. The van der Waals surface area contributed by atoms with Gasteiger partial charge in [-0.3, -0.25) is 14.4 Å². The number of carbonyl (C=O) groups excluding carboxylic acids is 3. The Bertz CT molecular complexity index is 1110. The van der Waals surface area contributed by atoms with Crippen molar-refractivity contribution in [3.8, 4) is 0 Å². The molecule has 0 aliphatic heterocycles. The molecule has 1 atom stereocenters. The molecule has 0 amide bonds. The van der Waals surface area contributed by atoms with Crippen molar-refractivity contribution in [1.29, 1.82) is 0 Å². The third-order valence-corrected chi connectivity index (χ3v) is 11.8. The average molecular weight is 883 g/mol. The third kappa shape index (κ3) is 50.2. The minimum atomic E-state index is -0.777. The molecule has 6 nitrogen and oxygen atoms in total. The predicted molar refractivity (Wildman–Crippen MR) is 270 cm³/mol. The molecule has 0 fully saturated rings. The number of unbranched alkanes of at least 4 members (excludes halogenated alkanes) is 30. The van der Waals surface area contributed by atoms with Crippen LogP contribution in [0, 0.1) is 0 Å². The van der Waals surface area contributed by atoms with E-state index in [-0.39, 0.29) is 31.1 Å². The summed E-state index contributed by atoms with van der Waals surface area (Å²) in [5, 5.41) is 0. The highest BCUT2D eigenvalue weighted by molar-refractivity contribution is 5.71. The standard InChI is InChI=1S/C57H102O6/c1-4-7-10-13-16-19-22-24-26-28-30-32-35-38-41-44-47-50-56(59)62-53-54(52-61-55(58)49-46-43-40-37-34-21-18-15-12-9-6-3)63-57(60)51-48-45-42-39-36-33-31-29-27-25-23-20-17-14-11-8-5-2/h7,10,15-16,18-19,24,26,54H,4-6,8-9,11-14,17,20-23,25,27-53H2,1-3H3/b10-7-,18-15-,19-16-,26-24-. The first-order valence-corrected chi connectivity index (χ1v) is 27.1. The van der Waals surface area contributed by atoms with Crippen LogP contribution in [0.1, 0.15) is 278 Å². The lowest BCUT2D eigenvalue weighted by Gasteiger charge is -2.18. The molecular formula is C57H102O6. The molecule has 366 valence electrons. The van der Waals surface area contributed by atoms with Crippen LogP contribution in [-0.2, 0) is 28.6 Å². The fourth-order valence-corrected chi connectivity index (χ4v) is 7.73. The van der Waals surface area contributed by atoms with Crippen LogP contribution >= 0.6 is 0 Å². The maximum absolute atomic E-state index is 12.8. The van der Waals surface area contributed by atoms with E-state index in [2.05, 4.69) is 69.4 Å². The molecular weight excluding hydrogens is 781 g/mol. The van der Waals surface area contributed by atoms with Crippen LogP contribution in [0.25, 0.3) is 0 Å². The van der Waals surface area contributed by atoms with Gasteiger partial charge in [0.15, 0.2) is 6.10 Å². The number of allylic oxidation sites excluding steroid dienone is 8. The Hall–Kier alpha value is -2.63. The van der Waals surface area contributed by atoms with E-state index in [9.17, 15) is 14.4 Å². The van der Waals surface area contributed by atoms with Crippen molar-refractivity contribution in [1.82, 2.24) is 0 Å². The predicted octanol–water partition coefficient (Wildman–Crippen LogP) is 17.9. The van der Waals surface area contributed by atoms with Crippen molar-refractivity contribution in [3.05, 3.63) is 48.6 Å². The smallest absolute Gasteiger partial charge is 0.306 e. The highest BCUT2D eigenvalue weighted by atomic mass is 16.6. The van der Waals surface area contributed by atoms with E-state index < -0.39 is 6.10 Å². The van der Waals surface area contributed by atoms with Crippen LogP contribution in [0.5, 0.6) is 0 Å². The van der Waals surface area contributed by atoms with Gasteiger partial charge in [0, 0.05) is 19.3 Å². The number of esters is 3. The topological polar surface area (TPSA) is 78.9 Å². The number of carbonyl (C=O) groups is 3. The molecule has 0 aliphatic carbocycles. The Morgan fingerprint density at radius 3 is 1.03 bits per heavy atom. The Morgan fingerprint density at radius 2 is 0.635 bits per heavy atom. The van der Waals surface area contributed by atoms with Crippen molar-refractivity contribution in [2.75, 3.05) is 13.2 Å². The lowest BCUT2D eigenvalue weighted by atomic mass is 10.0. The van der Waals surface area contributed by atoms with Crippen LogP contribution < -0.4 is 0 Å². The fourth-order valence-electron chi connectivity index (χ4n) is 7.73. The summed E-state index contributed by atoms with van der Waals surface area (Å²) in [7, 11) is 0. The summed E-state index contributed by atoms with van der Waals surface area (Å²) in [5.74, 6) is -0.886. The van der Waals surface area contributed by atoms with Gasteiger partial charge in [-0.2, -0.15) is 0 Å². The van der Waals surface area contributed by atoms with Crippen molar-refractivity contribution >= 4 is 17.9 Å². The minimum absolute atomic E-state index is 0.0783. The maximum Gasteiger partial charge on any atom is 0.306 e. The highest BCUT2D eigenvalue weighted by Crippen LogP contribution is 2.16. The second-order valence-corrected chi connectivity index (χ2v) is 18.1. The lowest BCUT2D eigenvalue weighted by molar-refractivity contribution is -0.167. The zero-order valence-electron chi connectivity index (χ0n) is 41.8. The van der Waals surface area contributed by atoms with E-state index in [1.807, 2.05) is 0 Å². The molecule has 0 aliphatic rings. The summed E-state index contributed by atoms with van der Waals surface area (Å²) < 4.78 is 16.8. The van der Waals surface area contributed by atoms with Crippen molar-refractivity contribution in [3.63, 3.8) is 0 Å². The number of hydrogen-bond acceptors (Lipinski definition) is 6. The van der Waals surface area contributed by atoms with Crippen molar-refractivity contribution in [2.24, 2.45) is 0 Å². The first-order valence-electron chi connectivity index (χ1n) is 27.1. The molecule has 0 saturated carbocycles. The van der Waals surface area contributed by atoms with Crippen LogP contribution in [0.2, 0.25) is 0 Å². The summed E-state index contributed by atoms with van der Waals surface area (Å²) in [6, 6.07) is 0. The summed E-state index contributed by atoms with van der Waals surface area (Å²) in [5.41, 5.74) is 0. The maximum atomic E-state index is 12.8. The third-order valence-electron chi connectivity index (χ3n) is 11.8. The molecule has 0 bridgehead atoms. The molecule has 63 heavy (non-hydrogen) atoms. The van der Waals surface area contributed by atoms with Crippen LogP contribution in [0.15, 0.2) is 48.6 Å². The van der Waals surface area contributed by atoms with E-state index in [1.165, 1.54) is 148 Å². The van der Waals surface area contributed by atoms with Gasteiger partial charge in [0.2, 0.25) is 0 Å². The summed E-state index contributed by atoms with van der Waals surface area (Å²) >= 11 is 0. The van der Waals surface area contributed by atoms with Gasteiger partial charge in [-0.15, -0.1) is 0 Å². The Morgan fingerprint density at radius 1 is 0.333 bits per heavy atom. The van der Waals surface area contributed by atoms with Gasteiger partial charge in [-0.1, -0.05) is 236 Å². The van der Waals surface area contributed by atoms with Gasteiger partial charge in [0.25, 0.3) is 0 Å². The van der Waals surface area contributed by atoms with Crippen molar-refractivity contribution in [2.45, 2.75) is 284 Å². The van der Waals surface area contributed by atoms with Crippen LogP contribution in [0.4, 0.5) is 0 Å². The summed E-state index contributed by atoms with van der Waals surface area (Å²) in [6.45, 7) is 6.50. The molecule has 0 rings (SSSR count). The van der Waals surface area contributed by atoms with E-state index in [0.717, 1.165) is 89.9 Å². The van der Waals surface area contributed by atoms with E-state index in [0.29, 0.717) is 19.3 Å². The quantitative estimate of drug-likeness (QED) is 0.0262. The molecule has 0 radical (unpaired) electrons. The molecule has 0 aromatic carbocycles. The average Bonchev–Trinajstić information content (AvgIpc) is 3.28. The van der Waals surface area contributed by atoms with Gasteiger partial charge >= 0.3 is 17.9 Å². The second kappa shape index (κ2) is 52.0. The SMILES string of the molecule is CC/C=C\C/C=C\C/C=C\CCCCCCCCCC(=O)OCC(COC(=O)CCCCCCC/C=C\CCCC)OC(=O)CCCCCCCCCCCCCCCCCCC. The molecule has 0 heterocycles. The number of ether oxygens (including phenoxy) is 3. The van der Waals surface area contributed by atoms with Gasteiger partial charge in [0.1, 0.15) is 13.2 Å². The highest BCUT2D eigenvalue weighted by Gasteiger charge is 2.19. The molecule has 0 spiro atoms. The van der Waals surface area contributed by atoms with Gasteiger partial charge in [-0.25, -0.2) is 0 Å². The number of hydrogen-bond donors (Lipinski definition) is 0. The first-order chi connectivity index (χ1) is 31.0. The largest absolute Gasteiger partial charge is 0.462 e. The molecule has 0 N–H and O–H groups in total. The zero-order chi connectivity index (χ0) is 45.8. The van der Waals surface area contributed by atoms with E-state index >= 15 is 0 Å². The Labute approximate surface area is 390 Å².